The number of fused-ring (bicyclic) bond motifs is 1. The molecule has 1 aliphatic rings. The van der Waals surface area contributed by atoms with Crippen LogP contribution in [0.4, 0.5) is 10.3 Å². The van der Waals surface area contributed by atoms with E-state index in [-0.39, 0.29) is 5.82 Å². The molecular formula is C11H12FN3. The second-order valence-electron chi connectivity index (χ2n) is 4.25. The zero-order valence-corrected chi connectivity index (χ0v) is 8.44. The van der Waals surface area contributed by atoms with Gasteiger partial charge in [-0.2, -0.15) is 0 Å². The van der Waals surface area contributed by atoms with Crippen molar-refractivity contribution in [2.75, 3.05) is 5.73 Å². The first kappa shape index (κ1) is 8.71. The van der Waals surface area contributed by atoms with Crippen LogP contribution in [0.25, 0.3) is 11.0 Å². The lowest BCUT2D eigenvalue weighted by Crippen LogP contribution is -2.01. The normalized spacial score (nSPS) is 24.7. The highest BCUT2D eigenvalue weighted by atomic mass is 19.1. The van der Waals surface area contributed by atoms with Crippen LogP contribution in [0, 0.1) is 11.7 Å². The Labute approximate surface area is 86.7 Å². The van der Waals surface area contributed by atoms with Gasteiger partial charge in [0.05, 0.1) is 11.0 Å². The fourth-order valence-corrected chi connectivity index (χ4v) is 2.10. The van der Waals surface area contributed by atoms with E-state index in [9.17, 15) is 4.39 Å². The summed E-state index contributed by atoms with van der Waals surface area (Å²) in [4.78, 5) is 4.17. The fourth-order valence-electron chi connectivity index (χ4n) is 2.10. The molecule has 0 bridgehead atoms. The highest BCUT2D eigenvalue weighted by Gasteiger charge is 2.36. The van der Waals surface area contributed by atoms with Gasteiger partial charge in [0.2, 0.25) is 5.95 Å². The predicted molar refractivity (Wildman–Crippen MR) is 56.9 cm³/mol. The first-order chi connectivity index (χ1) is 7.16. The second kappa shape index (κ2) is 2.72. The number of halogens is 1. The molecule has 1 aromatic carbocycles. The van der Waals surface area contributed by atoms with E-state index in [1.807, 2.05) is 4.57 Å². The molecule has 1 saturated carbocycles. The maximum atomic E-state index is 13.0. The fraction of sp³-hybridized carbons (Fsp3) is 0.364. The molecule has 1 aromatic heterocycles. The maximum Gasteiger partial charge on any atom is 0.201 e. The molecule has 2 atom stereocenters. The van der Waals surface area contributed by atoms with Crippen LogP contribution < -0.4 is 5.73 Å². The van der Waals surface area contributed by atoms with Crippen LogP contribution >= 0.6 is 0 Å². The number of nitrogens with zero attached hydrogens (tertiary/aromatic N) is 2. The van der Waals surface area contributed by atoms with E-state index in [0.29, 0.717) is 23.4 Å². The highest BCUT2D eigenvalue weighted by molar-refractivity contribution is 5.78. The van der Waals surface area contributed by atoms with Crippen molar-refractivity contribution in [1.29, 1.82) is 0 Å². The molecule has 15 heavy (non-hydrogen) atoms. The van der Waals surface area contributed by atoms with Crippen molar-refractivity contribution in [3.8, 4) is 0 Å². The number of rotatable bonds is 1. The summed E-state index contributed by atoms with van der Waals surface area (Å²) in [6, 6.07) is 5.07. The van der Waals surface area contributed by atoms with Gasteiger partial charge in [-0.3, -0.25) is 0 Å². The standard InChI is InChI=1S/C11H12FN3/c1-6-4-10(6)15-9-3-2-7(12)5-8(9)14-11(15)13/h2-3,5-6,10H,4H2,1H3,(H2,13,14). The van der Waals surface area contributed by atoms with Gasteiger partial charge in [0, 0.05) is 12.1 Å². The lowest BCUT2D eigenvalue weighted by atomic mass is 10.3. The zero-order chi connectivity index (χ0) is 10.6. The Kier molecular flexibility index (Phi) is 1.58. The number of aromatic nitrogens is 2. The van der Waals surface area contributed by atoms with Gasteiger partial charge in [0.15, 0.2) is 0 Å². The van der Waals surface area contributed by atoms with Crippen LogP contribution in [-0.4, -0.2) is 9.55 Å². The van der Waals surface area contributed by atoms with Crippen molar-refractivity contribution in [3.63, 3.8) is 0 Å². The van der Waals surface area contributed by atoms with Crippen LogP contribution in [0.1, 0.15) is 19.4 Å². The third kappa shape index (κ3) is 1.21. The summed E-state index contributed by atoms with van der Waals surface area (Å²) in [7, 11) is 0. The van der Waals surface area contributed by atoms with Gasteiger partial charge in [-0.1, -0.05) is 6.92 Å². The molecule has 3 nitrogen and oxygen atoms in total. The number of imidazole rings is 1. The minimum Gasteiger partial charge on any atom is -0.369 e. The highest BCUT2D eigenvalue weighted by Crippen LogP contribution is 2.45. The molecule has 0 radical (unpaired) electrons. The van der Waals surface area contributed by atoms with Gasteiger partial charge in [-0.15, -0.1) is 0 Å². The van der Waals surface area contributed by atoms with Crippen LogP contribution in [-0.2, 0) is 0 Å². The summed E-state index contributed by atoms with van der Waals surface area (Å²) in [5.41, 5.74) is 7.41. The molecule has 1 heterocycles. The van der Waals surface area contributed by atoms with Crippen molar-refractivity contribution in [1.82, 2.24) is 9.55 Å². The Bertz CT molecular complexity index is 532. The summed E-state index contributed by atoms with van der Waals surface area (Å²) in [6.45, 7) is 2.18. The minimum atomic E-state index is -0.268. The van der Waals surface area contributed by atoms with Crippen molar-refractivity contribution in [2.24, 2.45) is 5.92 Å². The molecule has 2 aromatic rings. The molecule has 2 unspecified atom stereocenters. The van der Waals surface area contributed by atoms with Gasteiger partial charge in [0.1, 0.15) is 5.82 Å². The molecule has 1 aliphatic carbocycles. The minimum absolute atomic E-state index is 0.268. The van der Waals surface area contributed by atoms with Crippen molar-refractivity contribution in [3.05, 3.63) is 24.0 Å². The molecule has 0 saturated heterocycles. The van der Waals surface area contributed by atoms with Crippen LogP contribution in [0.5, 0.6) is 0 Å². The number of benzene rings is 1. The van der Waals surface area contributed by atoms with E-state index in [1.54, 1.807) is 6.07 Å². The quantitative estimate of drug-likeness (QED) is 0.776. The van der Waals surface area contributed by atoms with Gasteiger partial charge in [-0.25, -0.2) is 9.37 Å². The molecule has 1 fully saturated rings. The SMILES string of the molecule is CC1CC1n1c(N)nc2cc(F)ccc21. The zero-order valence-electron chi connectivity index (χ0n) is 8.44. The van der Waals surface area contributed by atoms with E-state index < -0.39 is 0 Å². The molecule has 4 heteroatoms. The van der Waals surface area contributed by atoms with Crippen LogP contribution in [0.2, 0.25) is 0 Å². The van der Waals surface area contributed by atoms with Gasteiger partial charge < -0.3 is 10.3 Å². The number of hydrogen-bond acceptors (Lipinski definition) is 2. The van der Waals surface area contributed by atoms with Crippen molar-refractivity contribution in [2.45, 2.75) is 19.4 Å². The van der Waals surface area contributed by atoms with Crippen LogP contribution in [0.15, 0.2) is 18.2 Å². The number of nitrogens with two attached hydrogens (primary N) is 1. The Balaban J connectivity index is 2.24. The first-order valence-corrected chi connectivity index (χ1v) is 5.10. The smallest absolute Gasteiger partial charge is 0.201 e. The second-order valence-corrected chi connectivity index (χ2v) is 4.25. The van der Waals surface area contributed by atoms with Gasteiger partial charge >= 0.3 is 0 Å². The largest absolute Gasteiger partial charge is 0.369 e. The van der Waals surface area contributed by atoms with E-state index in [4.69, 9.17) is 5.73 Å². The monoisotopic (exact) mass is 205 g/mol. The Morgan fingerprint density at radius 3 is 2.93 bits per heavy atom. The number of anilines is 1. The summed E-state index contributed by atoms with van der Waals surface area (Å²) >= 11 is 0. The van der Waals surface area contributed by atoms with E-state index in [2.05, 4.69) is 11.9 Å². The Morgan fingerprint density at radius 1 is 1.53 bits per heavy atom. The van der Waals surface area contributed by atoms with Crippen molar-refractivity contribution >= 4 is 17.0 Å². The topological polar surface area (TPSA) is 43.8 Å². The average molecular weight is 205 g/mol. The summed E-state index contributed by atoms with van der Waals surface area (Å²) in [5.74, 6) is 0.871. The van der Waals surface area contributed by atoms with Gasteiger partial charge in [-0.05, 0) is 24.5 Å². The lowest BCUT2D eigenvalue weighted by Gasteiger charge is -2.03. The third-order valence-electron chi connectivity index (χ3n) is 3.08. The van der Waals surface area contributed by atoms with Gasteiger partial charge in [0.25, 0.3) is 0 Å². The molecule has 2 N–H and O–H groups in total. The summed E-state index contributed by atoms with van der Waals surface area (Å²) in [5, 5.41) is 0. The number of nitrogen functional groups attached to an aromatic ring is 1. The molecule has 0 amide bonds. The summed E-state index contributed by atoms with van der Waals surface area (Å²) in [6.07, 6.45) is 1.13. The molecule has 0 spiro atoms. The lowest BCUT2D eigenvalue weighted by molar-refractivity contribution is 0.629. The van der Waals surface area contributed by atoms with E-state index in [0.717, 1.165) is 11.9 Å². The summed E-state index contributed by atoms with van der Waals surface area (Å²) < 4.78 is 15.0. The predicted octanol–water partition coefficient (Wildman–Crippen LogP) is 2.34. The molecule has 0 aliphatic heterocycles. The Morgan fingerprint density at radius 2 is 2.27 bits per heavy atom. The maximum absolute atomic E-state index is 13.0. The average Bonchev–Trinajstić information content (AvgIpc) is 2.77. The van der Waals surface area contributed by atoms with Crippen molar-refractivity contribution < 1.29 is 4.39 Å². The van der Waals surface area contributed by atoms with E-state index in [1.165, 1.54) is 12.1 Å². The Hall–Kier alpha value is -1.58. The third-order valence-corrected chi connectivity index (χ3v) is 3.08. The first-order valence-electron chi connectivity index (χ1n) is 5.10. The molecule has 78 valence electrons. The molecular weight excluding hydrogens is 193 g/mol. The number of hydrogen-bond donors (Lipinski definition) is 1. The van der Waals surface area contributed by atoms with Crippen LogP contribution in [0.3, 0.4) is 0 Å². The van der Waals surface area contributed by atoms with E-state index >= 15 is 0 Å². The molecule has 3 rings (SSSR count).